The van der Waals surface area contributed by atoms with Gasteiger partial charge in [0.15, 0.2) is 11.6 Å². The molecule has 0 aliphatic rings. The Morgan fingerprint density at radius 1 is 1.32 bits per heavy atom. The van der Waals surface area contributed by atoms with Crippen molar-refractivity contribution >= 4 is 29.2 Å². The molecule has 0 radical (unpaired) electrons. The predicted molar refractivity (Wildman–Crippen MR) is 136 cm³/mol. The summed E-state index contributed by atoms with van der Waals surface area (Å²) in [5.41, 5.74) is 4.66. The number of nitriles is 1. The Bertz CT molecular complexity index is 1050. The van der Waals surface area contributed by atoms with Crippen LogP contribution in [0.5, 0.6) is 0 Å². The highest BCUT2D eigenvalue weighted by Gasteiger charge is 2.26. The fraction of sp³-hybridized carbons (Fsp3) is 0.520. The highest BCUT2D eigenvalue weighted by molar-refractivity contribution is 5.95. The zero-order chi connectivity index (χ0) is 25.5. The van der Waals surface area contributed by atoms with E-state index < -0.39 is 0 Å². The number of carbonyl (C=O) groups excluding carboxylic acids is 1. The van der Waals surface area contributed by atoms with Crippen molar-refractivity contribution < 1.29 is 9.63 Å². The van der Waals surface area contributed by atoms with E-state index in [1.54, 1.807) is 19.2 Å². The number of hydrogen-bond donors (Lipinski definition) is 3. The first-order valence-electron chi connectivity index (χ1n) is 11.5. The number of amides is 1. The van der Waals surface area contributed by atoms with Crippen LogP contribution in [0.25, 0.3) is 0 Å². The number of benzene rings is 1. The number of hydroxylamine groups is 1. The number of nitrogens with zero attached hydrogens (tertiary/aromatic N) is 4. The molecule has 3 N–H and O–H groups in total. The second kappa shape index (κ2) is 11.7. The molecule has 9 heteroatoms. The average Bonchev–Trinajstić information content (AvgIpc) is 2.79. The lowest BCUT2D eigenvalue weighted by Crippen LogP contribution is -2.34. The highest BCUT2D eigenvalue weighted by Crippen LogP contribution is 2.33. The first-order valence-corrected chi connectivity index (χ1v) is 11.5. The zero-order valence-corrected chi connectivity index (χ0v) is 21.5. The molecule has 1 unspecified atom stereocenters. The summed E-state index contributed by atoms with van der Waals surface area (Å²) in [6, 6.07) is 7.50. The molecule has 1 amide bonds. The topological polar surface area (TPSA) is 115 Å². The highest BCUT2D eigenvalue weighted by atomic mass is 16.6. The first-order chi connectivity index (χ1) is 16.0. The Morgan fingerprint density at radius 2 is 2.03 bits per heavy atom. The Hall–Kier alpha value is -3.38. The number of aromatic nitrogens is 2. The lowest BCUT2D eigenvalue weighted by Gasteiger charge is -2.33. The molecule has 0 aliphatic carbocycles. The maximum Gasteiger partial charge on any atom is 0.274 e. The van der Waals surface area contributed by atoms with Crippen LogP contribution in [0, 0.1) is 29.6 Å². The molecule has 0 saturated carbocycles. The molecule has 1 heterocycles. The molecule has 2 aromatic rings. The van der Waals surface area contributed by atoms with Gasteiger partial charge in [-0.15, -0.1) is 0 Å². The van der Waals surface area contributed by atoms with Crippen LogP contribution in [0.2, 0.25) is 0 Å². The van der Waals surface area contributed by atoms with Crippen LogP contribution in [0.1, 0.15) is 62.0 Å². The van der Waals surface area contributed by atoms with E-state index in [1.165, 1.54) is 7.11 Å². The summed E-state index contributed by atoms with van der Waals surface area (Å²) in [5, 5.41) is 16.3. The van der Waals surface area contributed by atoms with Crippen molar-refractivity contribution in [1.82, 2.24) is 15.4 Å². The van der Waals surface area contributed by atoms with Gasteiger partial charge in [0.25, 0.3) is 5.91 Å². The molecular formula is C25H37N7O2. The van der Waals surface area contributed by atoms with E-state index in [9.17, 15) is 10.1 Å². The van der Waals surface area contributed by atoms with Crippen molar-refractivity contribution in [3.63, 3.8) is 0 Å². The molecule has 0 bridgehead atoms. The number of anilines is 4. The van der Waals surface area contributed by atoms with E-state index in [-0.39, 0.29) is 11.3 Å². The SMILES string of the molecule is CCC(C)CC(C)(C)CN(C)c1nc(NC)nc(Nc2cc(C(=O)NOC)ccc2C)c1C#N. The summed E-state index contributed by atoms with van der Waals surface area (Å²) in [7, 11) is 5.07. The normalized spacial score (nSPS) is 12.0. The quantitative estimate of drug-likeness (QED) is 0.410. The largest absolute Gasteiger partial charge is 0.358 e. The third-order valence-corrected chi connectivity index (χ3v) is 5.80. The van der Waals surface area contributed by atoms with Crippen molar-refractivity contribution in [2.75, 3.05) is 43.3 Å². The minimum absolute atomic E-state index is 0.0366. The number of nitrogens with one attached hydrogen (secondary N) is 3. The van der Waals surface area contributed by atoms with Crippen LogP contribution in [0.3, 0.4) is 0 Å². The molecule has 1 aromatic carbocycles. The Balaban J connectivity index is 2.46. The molecule has 1 atom stereocenters. The van der Waals surface area contributed by atoms with E-state index >= 15 is 0 Å². The van der Waals surface area contributed by atoms with Crippen molar-refractivity contribution in [3.8, 4) is 6.07 Å². The lowest BCUT2D eigenvalue weighted by molar-refractivity contribution is 0.0537. The molecular weight excluding hydrogens is 430 g/mol. The molecule has 0 aliphatic heterocycles. The standard InChI is InChI=1S/C25H37N7O2/c1-9-16(2)13-25(4,5)15-32(7)22-19(14-26)21(29-24(27-6)30-22)28-20-12-18(11-10-17(20)3)23(33)31-34-8/h10-12,16H,9,13,15H2,1-8H3,(H,31,33)(H2,27,28,29,30). The van der Waals surface area contributed by atoms with Crippen LogP contribution in [-0.4, -0.2) is 43.6 Å². The predicted octanol–water partition coefficient (Wildman–Crippen LogP) is 4.63. The van der Waals surface area contributed by atoms with Crippen molar-refractivity contribution in [3.05, 3.63) is 34.9 Å². The molecule has 1 aromatic heterocycles. The van der Waals surface area contributed by atoms with Gasteiger partial charge in [-0.2, -0.15) is 15.2 Å². The molecule has 184 valence electrons. The van der Waals surface area contributed by atoms with E-state index in [4.69, 9.17) is 4.84 Å². The van der Waals surface area contributed by atoms with Gasteiger partial charge in [0.05, 0.1) is 7.11 Å². The second-order valence-electron chi connectivity index (χ2n) is 9.48. The minimum Gasteiger partial charge on any atom is -0.358 e. The molecule has 0 spiro atoms. The molecule has 0 fully saturated rings. The van der Waals surface area contributed by atoms with Gasteiger partial charge in [-0.3, -0.25) is 9.63 Å². The Kier molecular flexibility index (Phi) is 9.21. The Morgan fingerprint density at radius 3 is 2.62 bits per heavy atom. The van der Waals surface area contributed by atoms with Crippen LogP contribution in [0.15, 0.2) is 18.2 Å². The minimum atomic E-state index is -0.367. The zero-order valence-electron chi connectivity index (χ0n) is 21.5. The van der Waals surface area contributed by atoms with E-state index in [1.807, 2.05) is 24.9 Å². The van der Waals surface area contributed by atoms with Gasteiger partial charge in [0.2, 0.25) is 5.95 Å². The number of hydrogen-bond acceptors (Lipinski definition) is 8. The number of aryl methyl sites for hydroxylation is 1. The maximum absolute atomic E-state index is 12.2. The summed E-state index contributed by atoms with van der Waals surface area (Å²) in [6.45, 7) is 11.6. The van der Waals surface area contributed by atoms with Crippen LogP contribution in [-0.2, 0) is 4.84 Å². The van der Waals surface area contributed by atoms with Gasteiger partial charge in [0.1, 0.15) is 11.6 Å². The van der Waals surface area contributed by atoms with E-state index in [2.05, 4.69) is 59.8 Å². The van der Waals surface area contributed by atoms with Crippen LogP contribution < -0.4 is 21.0 Å². The van der Waals surface area contributed by atoms with Crippen molar-refractivity contribution in [1.29, 1.82) is 5.26 Å². The monoisotopic (exact) mass is 467 g/mol. The fourth-order valence-electron chi connectivity index (χ4n) is 4.08. The summed E-state index contributed by atoms with van der Waals surface area (Å²) in [4.78, 5) is 28.0. The van der Waals surface area contributed by atoms with E-state index in [0.29, 0.717) is 40.3 Å². The van der Waals surface area contributed by atoms with Gasteiger partial charge in [-0.25, -0.2) is 5.48 Å². The second-order valence-corrected chi connectivity index (χ2v) is 9.48. The van der Waals surface area contributed by atoms with Gasteiger partial charge < -0.3 is 15.5 Å². The third-order valence-electron chi connectivity index (χ3n) is 5.80. The van der Waals surface area contributed by atoms with Crippen molar-refractivity contribution in [2.45, 2.75) is 47.5 Å². The molecule has 34 heavy (non-hydrogen) atoms. The fourth-order valence-corrected chi connectivity index (χ4v) is 4.08. The Labute approximate surface area is 202 Å². The third kappa shape index (κ3) is 6.81. The van der Waals surface area contributed by atoms with Crippen molar-refractivity contribution in [2.24, 2.45) is 11.3 Å². The van der Waals surface area contributed by atoms with Gasteiger partial charge >= 0.3 is 0 Å². The maximum atomic E-state index is 12.2. The summed E-state index contributed by atoms with van der Waals surface area (Å²) >= 11 is 0. The van der Waals surface area contributed by atoms with E-state index in [0.717, 1.165) is 24.9 Å². The first kappa shape index (κ1) is 26.9. The van der Waals surface area contributed by atoms with Crippen LogP contribution in [0.4, 0.5) is 23.3 Å². The summed E-state index contributed by atoms with van der Waals surface area (Å²) in [6.07, 6.45) is 2.20. The molecule has 0 saturated heterocycles. The van der Waals surface area contributed by atoms with Gasteiger partial charge in [-0.1, -0.05) is 40.2 Å². The molecule has 2 rings (SSSR count). The smallest absolute Gasteiger partial charge is 0.274 e. The van der Waals surface area contributed by atoms with Gasteiger partial charge in [-0.05, 0) is 42.4 Å². The average molecular weight is 468 g/mol. The number of carbonyl (C=O) groups is 1. The summed E-state index contributed by atoms with van der Waals surface area (Å²) < 4.78 is 0. The van der Waals surface area contributed by atoms with Gasteiger partial charge in [0, 0.05) is 31.9 Å². The van der Waals surface area contributed by atoms with Crippen LogP contribution >= 0.6 is 0 Å². The molecule has 9 nitrogen and oxygen atoms in total. The summed E-state index contributed by atoms with van der Waals surface area (Å²) in [5.74, 6) is 1.56. The lowest BCUT2D eigenvalue weighted by atomic mass is 9.82. The number of rotatable bonds is 11.